The number of hydrogen-bond acceptors (Lipinski definition) is 26. The number of thiazole rings is 1. The van der Waals surface area contributed by atoms with E-state index in [2.05, 4.69) is 50.7 Å². The number of pyridine rings is 1. The molecule has 7 amide bonds. The number of carbonyl (C=O) groups is 10. The number of aliphatic carboxylic acids is 2. The first-order chi connectivity index (χ1) is 57.0. The van der Waals surface area contributed by atoms with Crippen molar-refractivity contribution in [1.29, 1.82) is 0 Å². The molecule has 13 rings (SSSR count). The van der Waals surface area contributed by atoms with Crippen LogP contribution in [-0.2, 0) is 105 Å². The molecule has 121 heavy (non-hydrogen) atoms. The summed E-state index contributed by atoms with van der Waals surface area (Å²) in [5.41, 5.74) is 3.84. The van der Waals surface area contributed by atoms with E-state index in [1.807, 2.05) is 52.9 Å². The van der Waals surface area contributed by atoms with Crippen molar-refractivity contribution in [3.8, 4) is 11.1 Å². The molecule has 3 aromatic carbocycles. The van der Waals surface area contributed by atoms with Gasteiger partial charge in [0, 0.05) is 67.2 Å². The zero-order valence-corrected chi connectivity index (χ0v) is 70.0. The minimum atomic E-state index is -4.66. The molecule has 4 bridgehead atoms. The molecule has 0 radical (unpaired) electrons. The van der Waals surface area contributed by atoms with E-state index < -0.39 is 185 Å². The van der Waals surface area contributed by atoms with Crippen molar-refractivity contribution in [2.45, 2.75) is 193 Å². The van der Waals surface area contributed by atoms with Crippen LogP contribution in [0.5, 0.6) is 0 Å². The Balaban J connectivity index is 0.697. The van der Waals surface area contributed by atoms with Gasteiger partial charge in [-0.3, -0.25) is 58.0 Å². The molecule has 4 saturated carbocycles. The number of aliphatic hydroxyl groups is 2. The van der Waals surface area contributed by atoms with Gasteiger partial charge >= 0.3 is 24.0 Å². The zero-order valence-electron chi connectivity index (χ0n) is 67.5. The predicted molar refractivity (Wildman–Crippen MR) is 434 cm³/mol. The fourth-order valence-electron chi connectivity index (χ4n) is 18.8. The number of para-hydroxylation sites is 1. The summed E-state index contributed by atoms with van der Waals surface area (Å²) in [5, 5.41) is 71.9. The van der Waals surface area contributed by atoms with E-state index in [4.69, 9.17) is 34.1 Å². The maximum absolute atomic E-state index is 14.4. The number of carbonyl (C=O) groups excluding carboxylic acids is 7. The number of benzene rings is 3. The Kier molecular flexibility index (Phi) is 27.4. The quantitative estimate of drug-likeness (QED) is 0.0189. The van der Waals surface area contributed by atoms with E-state index in [-0.39, 0.29) is 72.6 Å². The van der Waals surface area contributed by atoms with Crippen LogP contribution >= 0.6 is 11.3 Å². The number of carboxylic acids is 3. The molecule has 3 aromatic heterocycles. The lowest BCUT2D eigenvalue weighted by atomic mass is 9.39. The van der Waals surface area contributed by atoms with Gasteiger partial charge in [0.1, 0.15) is 49.1 Å². The average Bonchev–Trinajstić information content (AvgIpc) is 1.06. The summed E-state index contributed by atoms with van der Waals surface area (Å²) in [6.07, 6.45) is -2.16. The van der Waals surface area contributed by atoms with Crippen LogP contribution in [0.4, 0.5) is 21.4 Å². The molecule has 0 spiro atoms. The molecule has 13 N–H and O–H groups in total. The van der Waals surface area contributed by atoms with Gasteiger partial charge in [0.2, 0.25) is 29.5 Å². The molecule has 2 saturated heterocycles. The molecule has 654 valence electrons. The summed E-state index contributed by atoms with van der Waals surface area (Å²) in [6, 6.07) is 16.3. The van der Waals surface area contributed by atoms with Crippen LogP contribution < -0.4 is 36.8 Å². The van der Waals surface area contributed by atoms with Gasteiger partial charge in [-0.1, -0.05) is 69.4 Å². The highest BCUT2D eigenvalue weighted by Crippen LogP contribution is 2.72. The molecular weight excluding hydrogens is 1640 g/mol. The Labute approximate surface area is 700 Å². The number of nitrogens with one attached hydrogen (secondary N) is 6. The number of aromatic nitrogens is 4. The number of anilines is 3. The number of nitrogens with zero attached hydrogens (tertiary/aromatic N) is 7. The normalized spacial score (nSPS) is 24.2. The molecule has 41 heteroatoms. The van der Waals surface area contributed by atoms with Gasteiger partial charge in [0.15, 0.2) is 16.9 Å². The molecule has 38 nitrogen and oxygen atoms in total. The number of carboxylic acid groups (broad SMARTS) is 3. The number of ether oxygens (including phenoxy) is 4. The second-order valence-electron chi connectivity index (χ2n) is 33.5. The first kappa shape index (κ1) is 90.0. The van der Waals surface area contributed by atoms with Crippen molar-refractivity contribution in [1.82, 2.24) is 50.8 Å². The van der Waals surface area contributed by atoms with Crippen LogP contribution in [0, 0.1) is 29.1 Å². The maximum Gasteiger partial charge on any atom is 0.410 e. The van der Waals surface area contributed by atoms with Crippen LogP contribution in [0.25, 0.3) is 21.3 Å². The third-order valence-electron chi connectivity index (χ3n) is 23.2. The van der Waals surface area contributed by atoms with Crippen LogP contribution in [-0.4, -0.2) is 252 Å². The summed E-state index contributed by atoms with van der Waals surface area (Å²) in [5.74, 6) is -10.3. The van der Waals surface area contributed by atoms with Gasteiger partial charge in [-0.15, -0.1) is 0 Å². The van der Waals surface area contributed by atoms with Crippen molar-refractivity contribution in [2.24, 2.45) is 22.2 Å². The summed E-state index contributed by atoms with van der Waals surface area (Å²) >= 11 is 1.38. The van der Waals surface area contributed by atoms with E-state index in [1.54, 1.807) is 38.2 Å². The minimum absolute atomic E-state index is 0.0476. The van der Waals surface area contributed by atoms with Crippen molar-refractivity contribution in [3.63, 3.8) is 0 Å². The predicted octanol–water partition coefficient (Wildman–Crippen LogP) is 4.49. The first-order valence-corrected chi connectivity index (χ1v) is 43.8. The maximum atomic E-state index is 14.4. The smallest absolute Gasteiger partial charge is 0.410 e. The highest BCUT2D eigenvalue weighted by atomic mass is 32.2. The molecule has 6 heterocycles. The topological polar surface area (TPSA) is 543 Å². The number of amides is 7. The van der Waals surface area contributed by atoms with Crippen LogP contribution in [0.15, 0.2) is 79.0 Å². The van der Waals surface area contributed by atoms with E-state index in [0.29, 0.717) is 84.1 Å². The fraction of sp³-hybridized carbons (Fsp3) is 0.537. The van der Waals surface area contributed by atoms with Crippen LogP contribution in [0.2, 0.25) is 0 Å². The molecule has 7 aliphatic rings. The highest BCUT2D eigenvalue weighted by molar-refractivity contribution is 7.86. The molecular formula is C80H101N13O25S3. The molecule has 10 atom stereocenters. The lowest BCUT2D eigenvalue weighted by Crippen LogP contribution is -2.64. The lowest BCUT2D eigenvalue weighted by Gasteiger charge is -2.69. The van der Waals surface area contributed by atoms with Crippen molar-refractivity contribution in [2.75, 3.05) is 73.0 Å². The van der Waals surface area contributed by atoms with E-state index in [9.17, 15) is 94.3 Å². The SMILES string of the molecule is Cc1c(-c2ccc(N3CCc4cccc(C(=O)Nc5nc6ccccc6s5)c4C3)nc2C(=O)O)cnn1CC12CC3(C)CC(C)(C1)CC(OCCN(CCS(=O)(=O)O)C(=O)OCc1ccc(NC(=O)[C@H](C)NC(=O)[C@@H](NC(=O)CN4C(=O)[C@@H](NC(=O)CCC(=O)O)C[C@H]4COCCS(=O)(=O)O)C(C)C)cc1CC[C@H]1N[C@@H](O)[C@H](O)[C@@H](C(=O)O)O1)(C3)C2. The lowest BCUT2D eigenvalue weighted by molar-refractivity contribution is -0.248. The minimum Gasteiger partial charge on any atom is -0.481 e. The highest BCUT2D eigenvalue weighted by Gasteiger charge is 2.66. The largest absolute Gasteiger partial charge is 0.481 e. The number of aryl methyl sites for hydroxylation is 1. The molecule has 3 aliphatic heterocycles. The zero-order chi connectivity index (χ0) is 87.4. The van der Waals surface area contributed by atoms with Gasteiger partial charge in [-0.25, -0.2) is 24.4 Å². The van der Waals surface area contributed by atoms with Crippen molar-refractivity contribution < 1.29 is 118 Å². The number of hydrogen-bond donors (Lipinski definition) is 13. The Morgan fingerprint density at radius 1 is 0.793 bits per heavy atom. The average molecular weight is 1740 g/mol. The summed E-state index contributed by atoms with van der Waals surface area (Å²) in [4.78, 5) is 146. The van der Waals surface area contributed by atoms with E-state index in [1.165, 1.54) is 36.5 Å². The van der Waals surface area contributed by atoms with Crippen LogP contribution in [0.3, 0.4) is 0 Å². The monoisotopic (exact) mass is 1740 g/mol. The molecule has 2 unspecified atom stereocenters. The first-order valence-electron chi connectivity index (χ1n) is 39.7. The van der Waals surface area contributed by atoms with E-state index >= 15 is 0 Å². The second kappa shape index (κ2) is 36.8. The number of aliphatic hydroxyl groups excluding tert-OH is 2. The fourth-order valence-corrected chi connectivity index (χ4v) is 20.4. The number of aromatic carboxylic acids is 1. The molecule has 6 aromatic rings. The van der Waals surface area contributed by atoms with Gasteiger partial charge in [0.25, 0.3) is 26.1 Å². The standard InChI is InChI=1S/C80H101N13O25S3/c1-44(2)64(87-61(95)34-92-51(36-115-27-29-121(112,113)114)31-57(72(92)103)84-60(94)19-21-63(96)97)70(101)82-45(3)68(99)83-50-16-14-49(48(30-50)15-20-62-88-71(102)66(98)67(118-62)74(106)107)35-116-76(108)90(25-28-120(109,110)111)24-26-117-80-40-77(5)37-78(6,41-80)39-79(38-77,42-80)43-93-46(4)54(32-81-93)52-17-18-59(86-65(52)73(104)105)91-23-22-47-10-9-11-53(55(47)33-91)69(100)89-75-85-56-12-7-8-13-58(56)119-75/h7-14,16-18,30,32,44-45,51,57,62,64,66-67,71,88,98,102H,15,19-29,31,33-43H2,1-6H3,(H,82,101)(H,83,99)(H,84,94)(H,87,95)(H,96,97)(H,104,105)(H,106,107)(H,85,89,100)(H,109,110,111)(H,112,113,114)/t45-,51-,57-,62-,64-,66+,67-,71-,77?,78?,79?,80?/m0/s1. The molecule has 4 aliphatic carbocycles. The summed E-state index contributed by atoms with van der Waals surface area (Å²) in [6.45, 7) is 9.31. The summed E-state index contributed by atoms with van der Waals surface area (Å²) in [7, 11) is -9.09. The third-order valence-corrected chi connectivity index (χ3v) is 25.6. The van der Waals surface area contributed by atoms with Gasteiger partial charge in [-0.05, 0) is 165 Å². The van der Waals surface area contributed by atoms with Gasteiger partial charge in [-0.2, -0.15) is 21.9 Å². The van der Waals surface area contributed by atoms with Gasteiger partial charge < -0.3 is 80.4 Å². The van der Waals surface area contributed by atoms with Crippen LogP contribution in [0.1, 0.15) is 148 Å². The Morgan fingerprint density at radius 2 is 1.53 bits per heavy atom. The Morgan fingerprint density at radius 3 is 2.22 bits per heavy atom. The van der Waals surface area contributed by atoms with E-state index in [0.717, 1.165) is 56.1 Å². The molecule has 6 fully saturated rings. The second-order valence-corrected chi connectivity index (χ2v) is 37.7. The number of rotatable bonds is 37. The number of fused-ring (bicyclic) bond motifs is 2. The Hall–Kier alpha value is -10.2. The van der Waals surface area contributed by atoms with Gasteiger partial charge in [0.05, 0.1) is 72.3 Å². The van der Waals surface area contributed by atoms with Crippen molar-refractivity contribution in [3.05, 3.63) is 118 Å². The Bertz CT molecular complexity index is 5170. The number of likely N-dealkylation sites (tertiary alicyclic amines) is 1. The summed E-state index contributed by atoms with van der Waals surface area (Å²) < 4.78 is 93.4. The van der Waals surface area contributed by atoms with Crippen molar-refractivity contribution >= 4 is 118 Å². The third kappa shape index (κ3) is 22.2.